The molecule has 9 nitrogen and oxygen atoms in total. The fourth-order valence-corrected chi connectivity index (χ4v) is 3.45. The summed E-state index contributed by atoms with van der Waals surface area (Å²) >= 11 is 0. The first kappa shape index (κ1) is 22.3. The molecule has 0 amide bonds. The zero-order chi connectivity index (χ0) is 23.4. The van der Waals surface area contributed by atoms with Crippen LogP contribution in [0.2, 0.25) is 0 Å². The maximum atomic E-state index is 10.2. The largest absolute Gasteiger partial charge is 0.508 e. The number of nitrogens with zero attached hydrogens (tertiary/aromatic N) is 4. The minimum absolute atomic E-state index is 0.153. The first-order valence-electron chi connectivity index (χ1n) is 10.8. The lowest BCUT2D eigenvalue weighted by Crippen LogP contribution is -2.23. The molecule has 33 heavy (non-hydrogen) atoms. The van der Waals surface area contributed by atoms with Gasteiger partial charge in [0.1, 0.15) is 5.75 Å². The lowest BCUT2D eigenvalue weighted by Gasteiger charge is -2.17. The molecule has 0 bridgehead atoms. The van der Waals surface area contributed by atoms with Crippen LogP contribution in [0.4, 0.5) is 17.5 Å². The van der Waals surface area contributed by atoms with Crippen molar-refractivity contribution in [1.29, 1.82) is 0 Å². The first-order chi connectivity index (χ1) is 15.8. The number of hydrogen-bond donors (Lipinski definition) is 5. The number of phenolic OH excluding ortho intramolecular Hbond substituents is 1. The fourth-order valence-electron chi connectivity index (χ4n) is 3.45. The number of hydrogen-bond acceptors (Lipinski definition) is 8. The van der Waals surface area contributed by atoms with E-state index in [4.69, 9.17) is 5.73 Å². The summed E-state index contributed by atoms with van der Waals surface area (Å²) in [6, 6.07) is 15.0. The third-order valence-electron chi connectivity index (χ3n) is 5.23. The molecule has 2 aromatic heterocycles. The van der Waals surface area contributed by atoms with E-state index in [1.54, 1.807) is 38.4 Å². The van der Waals surface area contributed by atoms with E-state index in [0.717, 1.165) is 5.56 Å². The van der Waals surface area contributed by atoms with E-state index in [-0.39, 0.29) is 5.75 Å². The van der Waals surface area contributed by atoms with Crippen LogP contribution in [0.1, 0.15) is 31.4 Å². The molecule has 0 saturated carbocycles. The maximum absolute atomic E-state index is 10.2. The normalized spacial score (nSPS) is 11.6. The number of rotatable bonds is 9. The van der Waals surface area contributed by atoms with E-state index in [2.05, 4.69) is 37.7 Å². The van der Waals surface area contributed by atoms with Gasteiger partial charge in [0.25, 0.3) is 0 Å². The molecule has 172 valence electrons. The van der Waals surface area contributed by atoms with Gasteiger partial charge in [0, 0.05) is 24.3 Å². The van der Waals surface area contributed by atoms with Crippen molar-refractivity contribution in [3.05, 3.63) is 66.0 Å². The predicted octanol–water partition coefficient (Wildman–Crippen LogP) is 3.35. The maximum Gasteiger partial charge on any atom is 0.226 e. The van der Waals surface area contributed by atoms with Crippen LogP contribution in [-0.2, 0) is 13.1 Å². The van der Waals surface area contributed by atoms with Crippen molar-refractivity contribution < 1.29 is 10.2 Å². The summed E-state index contributed by atoms with van der Waals surface area (Å²) in [6.07, 6.45) is 2.29. The quantitative estimate of drug-likeness (QED) is 0.195. The highest BCUT2D eigenvalue weighted by molar-refractivity contribution is 5.84. The van der Waals surface area contributed by atoms with Crippen LogP contribution in [0.5, 0.6) is 5.75 Å². The van der Waals surface area contributed by atoms with E-state index in [1.165, 1.54) is 0 Å². The molecule has 0 radical (unpaired) electrons. The number of aliphatic hydroxyl groups is 1. The van der Waals surface area contributed by atoms with E-state index in [1.807, 2.05) is 22.8 Å². The van der Waals surface area contributed by atoms with Crippen molar-refractivity contribution in [2.24, 2.45) is 0 Å². The molecule has 9 heteroatoms. The third kappa shape index (κ3) is 5.69. The summed E-state index contributed by atoms with van der Waals surface area (Å²) in [7, 11) is 0. The van der Waals surface area contributed by atoms with Gasteiger partial charge < -0.3 is 31.1 Å². The van der Waals surface area contributed by atoms with Crippen LogP contribution in [0.25, 0.3) is 11.2 Å². The van der Waals surface area contributed by atoms with Crippen LogP contribution in [0.15, 0.2) is 54.9 Å². The van der Waals surface area contributed by atoms with Crippen LogP contribution >= 0.6 is 0 Å². The molecular formula is C24H29N7O2. The molecule has 4 rings (SSSR count). The van der Waals surface area contributed by atoms with Gasteiger partial charge in [0.2, 0.25) is 5.95 Å². The zero-order valence-corrected chi connectivity index (χ0v) is 18.8. The molecule has 0 aliphatic carbocycles. The SMILES string of the molecule is CC(C)(O)CCNc1nc(NCc2cc(N)ccc2O)c2ncn(Cc3ccccc3)c2n1. The molecule has 2 aromatic carbocycles. The number of nitrogens with two attached hydrogens (primary N) is 1. The average Bonchev–Trinajstić information content (AvgIpc) is 3.17. The Balaban J connectivity index is 1.65. The van der Waals surface area contributed by atoms with Crippen molar-refractivity contribution in [2.45, 2.75) is 39.0 Å². The monoisotopic (exact) mass is 447 g/mol. The molecule has 0 aliphatic rings. The summed E-state index contributed by atoms with van der Waals surface area (Å²) < 4.78 is 1.97. The molecule has 4 aromatic rings. The van der Waals surface area contributed by atoms with Crippen LogP contribution < -0.4 is 16.4 Å². The topological polar surface area (TPSA) is 134 Å². The summed E-state index contributed by atoms with van der Waals surface area (Å²) in [5.74, 6) is 1.13. The van der Waals surface area contributed by atoms with Crippen molar-refractivity contribution in [2.75, 3.05) is 22.9 Å². The molecule has 0 unspecified atom stereocenters. The number of phenols is 1. The molecule has 0 atom stereocenters. The van der Waals surface area contributed by atoms with Gasteiger partial charge in [-0.15, -0.1) is 0 Å². The minimum atomic E-state index is -0.794. The molecule has 0 fully saturated rings. The Hall–Kier alpha value is -3.85. The lowest BCUT2D eigenvalue weighted by molar-refractivity contribution is 0.0748. The zero-order valence-electron chi connectivity index (χ0n) is 18.8. The summed E-state index contributed by atoms with van der Waals surface area (Å²) in [5.41, 5.74) is 8.73. The van der Waals surface area contributed by atoms with E-state index in [9.17, 15) is 10.2 Å². The van der Waals surface area contributed by atoms with Gasteiger partial charge in [-0.25, -0.2) is 4.98 Å². The van der Waals surface area contributed by atoms with Gasteiger partial charge in [-0.3, -0.25) is 0 Å². The molecule has 0 spiro atoms. The number of fused-ring (bicyclic) bond motifs is 1. The Bertz CT molecular complexity index is 1230. The van der Waals surface area contributed by atoms with Gasteiger partial charge in [0.15, 0.2) is 17.0 Å². The van der Waals surface area contributed by atoms with E-state index in [0.29, 0.717) is 60.2 Å². The molecule has 2 heterocycles. The second kappa shape index (κ2) is 9.33. The first-order valence-corrected chi connectivity index (χ1v) is 10.8. The lowest BCUT2D eigenvalue weighted by atomic mass is 10.1. The van der Waals surface area contributed by atoms with Gasteiger partial charge in [-0.2, -0.15) is 9.97 Å². The Morgan fingerprint density at radius 2 is 1.85 bits per heavy atom. The summed E-state index contributed by atoms with van der Waals surface area (Å²) in [4.78, 5) is 13.8. The second-order valence-electron chi connectivity index (χ2n) is 8.66. The van der Waals surface area contributed by atoms with Crippen LogP contribution in [0, 0.1) is 0 Å². The number of benzene rings is 2. The number of nitrogens with one attached hydrogen (secondary N) is 2. The fraction of sp³-hybridized carbons (Fsp3) is 0.292. The number of imidazole rings is 1. The minimum Gasteiger partial charge on any atom is -0.508 e. The van der Waals surface area contributed by atoms with Gasteiger partial charge >= 0.3 is 0 Å². The van der Waals surface area contributed by atoms with E-state index >= 15 is 0 Å². The van der Waals surface area contributed by atoms with Crippen LogP contribution in [-0.4, -0.2) is 41.9 Å². The highest BCUT2D eigenvalue weighted by Crippen LogP contribution is 2.25. The smallest absolute Gasteiger partial charge is 0.226 e. The summed E-state index contributed by atoms with van der Waals surface area (Å²) in [5, 5.41) is 26.6. The van der Waals surface area contributed by atoms with E-state index < -0.39 is 5.60 Å². The van der Waals surface area contributed by atoms with Crippen molar-refractivity contribution >= 4 is 28.6 Å². The highest BCUT2D eigenvalue weighted by Gasteiger charge is 2.16. The number of anilines is 3. The molecule has 0 aliphatic heterocycles. The number of aromatic hydroxyl groups is 1. The highest BCUT2D eigenvalue weighted by atomic mass is 16.3. The van der Waals surface area contributed by atoms with Gasteiger partial charge in [-0.05, 0) is 44.0 Å². The average molecular weight is 448 g/mol. The molecule has 6 N–H and O–H groups in total. The Morgan fingerprint density at radius 1 is 1.06 bits per heavy atom. The Morgan fingerprint density at radius 3 is 2.61 bits per heavy atom. The van der Waals surface area contributed by atoms with Crippen molar-refractivity contribution in [3.8, 4) is 5.75 Å². The molecular weight excluding hydrogens is 418 g/mol. The second-order valence-corrected chi connectivity index (χ2v) is 8.66. The van der Waals surface area contributed by atoms with Crippen molar-refractivity contribution in [1.82, 2.24) is 19.5 Å². The molecule has 0 saturated heterocycles. The Kier molecular flexibility index (Phi) is 6.32. The van der Waals surface area contributed by atoms with Gasteiger partial charge in [0.05, 0.1) is 18.5 Å². The van der Waals surface area contributed by atoms with Crippen LogP contribution in [0.3, 0.4) is 0 Å². The standard InChI is InChI=1S/C24H29N7O2/c1-24(2,33)10-11-26-23-29-21(27-13-17-12-18(25)8-9-19(17)32)20-22(30-23)31(15-28-20)14-16-6-4-3-5-7-16/h3-9,12,15,32-33H,10-11,13-14,25H2,1-2H3,(H2,26,27,29,30). The number of aromatic nitrogens is 4. The Labute approximate surface area is 192 Å². The third-order valence-corrected chi connectivity index (χ3v) is 5.23. The number of nitrogen functional groups attached to an aromatic ring is 1. The van der Waals surface area contributed by atoms with Gasteiger partial charge in [-0.1, -0.05) is 30.3 Å². The summed E-state index contributed by atoms with van der Waals surface area (Å²) in [6.45, 7) is 4.97. The van der Waals surface area contributed by atoms with Crippen molar-refractivity contribution in [3.63, 3.8) is 0 Å². The predicted molar refractivity (Wildman–Crippen MR) is 130 cm³/mol.